The van der Waals surface area contributed by atoms with Crippen LogP contribution in [0.5, 0.6) is 0 Å². The van der Waals surface area contributed by atoms with Crippen molar-refractivity contribution in [1.82, 2.24) is 4.90 Å². The molecular weight excluding hydrogens is 324 g/mol. The van der Waals surface area contributed by atoms with Gasteiger partial charge in [0, 0.05) is 16.2 Å². The highest BCUT2D eigenvalue weighted by molar-refractivity contribution is 9.10. The first kappa shape index (κ1) is 16.7. The third-order valence-corrected chi connectivity index (χ3v) is 3.56. The molecule has 0 saturated carbocycles. The minimum atomic E-state index is -0.929. The Morgan fingerprint density at radius 2 is 1.90 bits per heavy atom. The second-order valence-electron chi connectivity index (χ2n) is 4.61. The van der Waals surface area contributed by atoms with Gasteiger partial charge in [0.15, 0.2) is 0 Å². The Kier molecular flexibility index (Phi) is 6.67. The lowest BCUT2D eigenvalue weighted by molar-refractivity contribution is -0.139. The Bertz CT molecular complexity index is 462. The van der Waals surface area contributed by atoms with E-state index in [2.05, 4.69) is 21.2 Å². The molecule has 0 heterocycles. The molecule has 2 N–H and O–H groups in total. The highest BCUT2D eigenvalue weighted by atomic mass is 79.9. The number of hydrogen-bond acceptors (Lipinski definition) is 3. The molecule has 20 heavy (non-hydrogen) atoms. The van der Waals surface area contributed by atoms with Crippen LogP contribution < -0.4 is 5.32 Å². The number of benzene rings is 1. The summed E-state index contributed by atoms with van der Waals surface area (Å²) < 4.78 is 0.933. The van der Waals surface area contributed by atoms with Crippen LogP contribution in [0.15, 0.2) is 28.7 Å². The third-order valence-electron chi connectivity index (χ3n) is 3.03. The molecule has 1 atom stereocenters. The fourth-order valence-corrected chi connectivity index (χ4v) is 1.98. The van der Waals surface area contributed by atoms with Crippen LogP contribution in [0.3, 0.4) is 0 Å². The number of nitrogens with one attached hydrogen (secondary N) is 1. The van der Waals surface area contributed by atoms with Gasteiger partial charge in [-0.2, -0.15) is 0 Å². The van der Waals surface area contributed by atoms with E-state index in [1.807, 2.05) is 26.0 Å². The molecule has 0 aliphatic heterocycles. The molecule has 1 unspecified atom stereocenters. The molecule has 5 nitrogen and oxygen atoms in total. The summed E-state index contributed by atoms with van der Waals surface area (Å²) in [5, 5.41) is 11.6. The van der Waals surface area contributed by atoms with Crippen LogP contribution in [0.2, 0.25) is 0 Å². The molecule has 0 radical (unpaired) electrons. The van der Waals surface area contributed by atoms with E-state index in [4.69, 9.17) is 5.11 Å². The van der Waals surface area contributed by atoms with Crippen LogP contribution in [0.25, 0.3) is 0 Å². The topological polar surface area (TPSA) is 69.6 Å². The Morgan fingerprint density at radius 1 is 1.30 bits per heavy atom. The number of carbonyl (C=O) groups excluding carboxylic acids is 1. The Morgan fingerprint density at radius 3 is 2.40 bits per heavy atom. The molecule has 0 fully saturated rings. The summed E-state index contributed by atoms with van der Waals surface area (Å²) in [5.74, 6) is -1.14. The Hall–Kier alpha value is -1.40. The number of hydrogen-bond donors (Lipinski definition) is 2. The van der Waals surface area contributed by atoms with Crippen molar-refractivity contribution in [3.63, 3.8) is 0 Å². The summed E-state index contributed by atoms with van der Waals surface area (Å²) >= 11 is 3.32. The molecular formula is C14H19BrN2O3. The number of carboxylic acid groups (broad SMARTS) is 1. The summed E-state index contributed by atoms with van der Waals surface area (Å²) in [6.45, 7) is 3.81. The molecule has 1 aromatic carbocycles. The van der Waals surface area contributed by atoms with Crippen molar-refractivity contribution in [2.75, 3.05) is 18.4 Å². The molecule has 0 aliphatic rings. The molecule has 0 saturated heterocycles. The van der Waals surface area contributed by atoms with Crippen molar-refractivity contribution < 1.29 is 14.7 Å². The average molecular weight is 343 g/mol. The van der Waals surface area contributed by atoms with Gasteiger partial charge in [0.2, 0.25) is 5.91 Å². The predicted molar refractivity (Wildman–Crippen MR) is 81.7 cm³/mol. The van der Waals surface area contributed by atoms with E-state index < -0.39 is 5.97 Å². The maximum absolute atomic E-state index is 12.0. The number of rotatable bonds is 7. The zero-order valence-corrected chi connectivity index (χ0v) is 13.2. The maximum atomic E-state index is 12.0. The van der Waals surface area contributed by atoms with Gasteiger partial charge in [-0.15, -0.1) is 0 Å². The first-order valence-electron chi connectivity index (χ1n) is 6.43. The van der Waals surface area contributed by atoms with Crippen LogP contribution >= 0.6 is 15.9 Å². The highest BCUT2D eigenvalue weighted by Gasteiger charge is 2.18. The van der Waals surface area contributed by atoms with Crippen LogP contribution in [-0.4, -0.2) is 41.0 Å². The molecule has 0 aliphatic carbocycles. The number of amides is 1. The predicted octanol–water partition coefficient (Wildman–Crippen LogP) is 2.57. The number of nitrogens with zero attached hydrogens (tertiary/aromatic N) is 1. The number of halogens is 1. The first-order valence-corrected chi connectivity index (χ1v) is 7.23. The lowest BCUT2D eigenvalue weighted by atomic mass is 10.2. The summed E-state index contributed by atoms with van der Waals surface area (Å²) in [4.78, 5) is 24.4. The van der Waals surface area contributed by atoms with Crippen molar-refractivity contribution in [2.45, 2.75) is 26.3 Å². The smallest absolute Gasteiger partial charge is 0.317 e. The molecule has 110 valence electrons. The minimum Gasteiger partial charge on any atom is -0.480 e. The molecule has 1 aromatic rings. The summed E-state index contributed by atoms with van der Waals surface area (Å²) in [6.07, 6.45) is 0.791. The summed E-state index contributed by atoms with van der Waals surface area (Å²) in [6, 6.07) is 7.28. The molecule has 0 bridgehead atoms. The summed E-state index contributed by atoms with van der Waals surface area (Å²) in [7, 11) is 0. The van der Waals surface area contributed by atoms with Gasteiger partial charge >= 0.3 is 5.97 Å². The zero-order valence-electron chi connectivity index (χ0n) is 11.6. The van der Waals surface area contributed by atoms with Gasteiger partial charge in [-0.1, -0.05) is 22.9 Å². The second kappa shape index (κ2) is 8.01. The van der Waals surface area contributed by atoms with E-state index in [1.54, 1.807) is 17.0 Å². The van der Waals surface area contributed by atoms with Crippen molar-refractivity contribution in [1.29, 1.82) is 0 Å². The maximum Gasteiger partial charge on any atom is 0.317 e. The molecule has 0 spiro atoms. The van der Waals surface area contributed by atoms with Gasteiger partial charge in [-0.3, -0.25) is 14.5 Å². The number of aliphatic carboxylic acids is 1. The van der Waals surface area contributed by atoms with E-state index in [9.17, 15) is 9.59 Å². The van der Waals surface area contributed by atoms with Crippen molar-refractivity contribution in [2.24, 2.45) is 0 Å². The van der Waals surface area contributed by atoms with Gasteiger partial charge in [0.25, 0.3) is 0 Å². The quantitative estimate of drug-likeness (QED) is 0.798. The fourth-order valence-electron chi connectivity index (χ4n) is 1.72. The SMILES string of the molecule is CCC(C)N(CC(=O)O)CC(=O)Nc1ccc(Br)cc1. The highest BCUT2D eigenvalue weighted by Crippen LogP contribution is 2.14. The van der Waals surface area contributed by atoms with Crippen LogP contribution in [0.1, 0.15) is 20.3 Å². The largest absolute Gasteiger partial charge is 0.480 e. The van der Waals surface area contributed by atoms with Gasteiger partial charge in [-0.05, 0) is 37.6 Å². The monoisotopic (exact) mass is 342 g/mol. The van der Waals surface area contributed by atoms with Gasteiger partial charge in [-0.25, -0.2) is 0 Å². The Balaban J connectivity index is 2.61. The fraction of sp³-hybridized carbons (Fsp3) is 0.429. The molecule has 1 amide bonds. The lowest BCUT2D eigenvalue weighted by Crippen LogP contribution is -2.42. The van der Waals surface area contributed by atoms with Crippen molar-refractivity contribution in [3.8, 4) is 0 Å². The molecule has 6 heteroatoms. The van der Waals surface area contributed by atoms with Crippen molar-refractivity contribution in [3.05, 3.63) is 28.7 Å². The lowest BCUT2D eigenvalue weighted by Gasteiger charge is -2.25. The van der Waals surface area contributed by atoms with Gasteiger partial charge < -0.3 is 10.4 Å². The molecule has 1 rings (SSSR count). The Labute approximate surface area is 127 Å². The van der Waals surface area contributed by atoms with Crippen molar-refractivity contribution >= 4 is 33.5 Å². The standard InChI is InChI=1S/C14H19BrN2O3/c1-3-10(2)17(9-14(19)20)8-13(18)16-12-6-4-11(15)5-7-12/h4-7,10H,3,8-9H2,1-2H3,(H,16,18)(H,19,20). The van der Waals surface area contributed by atoms with E-state index in [-0.39, 0.29) is 25.0 Å². The van der Waals surface area contributed by atoms with E-state index in [0.29, 0.717) is 5.69 Å². The number of carboxylic acids is 1. The first-order chi connectivity index (χ1) is 9.42. The third kappa shape index (κ3) is 5.71. The van der Waals surface area contributed by atoms with E-state index in [1.165, 1.54) is 0 Å². The molecule has 0 aromatic heterocycles. The van der Waals surface area contributed by atoms with Crippen LogP contribution in [-0.2, 0) is 9.59 Å². The second-order valence-corrected chi connectivity index (χ2v) is 5.53. The van der Waals surface area contributed by atoms with Crippen LogP contribution in [0, 0.1) is 0 Å². The number of carbonyl (C=O) groups is 2. The van der Waals surface area contributed by atoms with E-state index in [0.717, 1.165) is 10.9 Å². The van der Waals surface area contributed by atoms with Crippen LogP contribution in [0.4, 0.5) is 5.69 Å². The average Bonchev–Trinajstić information content (AvgIpc) is 2.39. The van der Waals surface area contributed by atoms with Gasteiger partial charge in [0.1, 0.15) is 0 Å². The summed E-state index contributed by atoms with van der Waals surface area (Å²) in [5.41, 5.74) is 0.692. The van der Waals surface area contributed by atoms with Gasteiger partial charge in [0.05, 0.1) is 13.1 Å². The van der Waals surface area contributed by atoms with E-state index >= 15 is 0 Å². The number of anilines is 1. The normalized spacial score (nSPS) is 12.2. The zero-order chi connectivity index (χ0) is 15.1. The minimum absolute atomic E-state index is 0.0433.